The Balaban J connectivity index is 1.55. The molecule has 0 unspecified atom stereocenters. The average Bonchev–Trinajstić information content (AvgIpc) is 2.87. The third-order valence-electron chi connectivity index (χ3n) is 5.84. The van der Waals surface area contributed by atoms with Gasteiger partial charge >= 0.3 is 6.18 Å². The number of nitrogens with zero attached hydrogens (tertiary/aromatic N) is 2. The van der Waals surface area contributed by atoms with Crippen LogP contribution in [0.5, 0.6) is 0 Å². The van der Waals surface area contributed by atoms with Gasteiger partial charge in [-0.2, -0.15) is 13.2 Å². The molecule has 32 heavy (non-hydrogen) atoms. The number of hydrogen-bond acceptors (Lipinski definition) is 3. The van der Waals surface area contributed by atoms with Gasteiger partial charge in [0.25, 0.3) is 5.91 Å². The predicted molar refractivity (Wildman–Crippen MR) is 111 cm³/mol. The summed E-state index contributed by atoms with van der Waals surface area (Å²) in [4.78, 5) is 41.8. The van der Waals surface area contributed by atoms with E-state index in [0.29, 0.717) is 24.2 Å². The molecular weight excluding hydrogens is 423 g/mol. The molecule has 2 aromatic carbocycles. The molecule has 2 aromatic rings. The molecule has 2 heterocycles. The van der Waals surface area contributed by atoms with Gasteiger partial charge in [-0.1, -0.05) is 30.3 Å². The molecule has 1 fully saturated rings. The van der Waals surface area contributed by atoms with Gasteiger partial charge in [0, 0.05) is 13.1 Å². The monoisotopic (exact) mass is 445 g/mol. The topological polar surface area (TPSA) is 69.7 Å². The summed E-state index contributed by atoms with van der Waals surface area (Å²) >= 11 is 0. The molecule has 3 amide bonds. The van der Waals surface area contributed by atoms with Crippen molar-refractivity contribution in [1.29, 1.82) is 0 Å². The summed E-state index contributed by atoms with van der Waals surface area (Å²) in [5.41, 5.74) is -0.215. The van der Waals surface area contributed by atoms with Crippen LogP contribution in [0.25, 0.3) is 0 Å². The Kier molecular flexibility index (Phi) is 5.90. The number of piperidine rings is 1. The number of rotatable bonds is 4. The molecule has 0 saturated carbocycles. The van der Waals surface area contributed by atoms with E-state index in [-0.39, 0.29) is 30.5 Å². The highest BCUT2D eigenvalue weighted by Crippen LogP contribution is 2.33. The molecule has 9 heteroatoms. The van der Waals surface area contributed by atoms with Crippen LogP contribution in [0.2, 0.25) is 0 Å². The van der Waals surface area contributed by atoms with Crippen molar-refractivity contribution in [2.24, 2.45) is 0 Å². The Labute approximate surface area is 183 Å². The largest absolute Gasteiger partial charge is 0.416 e. The number of nitrogens with one attached hydrogen (secondary N) is 1. The summed E-state index contributed by atoms with van der Waals surface area (Å²) < 4.78 is 39.6. The molecule has 0 radical (unpaired) electrons. The van der Waals surface area contributed by atoms with Gasteiger partial charge in [-0.05, 0) is 43.0 Å². The van der Waals surface area contributed by atoms with Crippen molar-refractivity contribution >= 4 is 23.4 Å². The Hall–Kier alpha value is -3.36. The summed E-state index contributed by atoms with van der Waals surface area (Å²) in [7, 11) is 0. The van der Waals surface area contributed by atoms with Crippen molar-refractivity contribution in [3.05, 3.63) is 65.2 Å². The molecule has 4 rings (SSSR count). The van der Waals surface area contributed by atoms with Crippen molar-refractivity contribution in [2.45, 2.75) is 38.0 Å². The predicted octanol–water partition coefficient (Wildman–Crippen LogP) is 3.36. The molecule has 1 atom stereocenters. The van der Waals surface area contributed by atoms with E-state index < -0.39 is 23.7 Å². The zero-order valence-electron chi connectivity index (χ0n) is 17.2. The van der Waals surface area contributed by atoms with E-state index in [9.17, 15) is 27.6 Å². The van der Waals surface area contributed by atoms with Crippen LogP contribution in [-0.2, 0) is 22.3 Å². The van der Waals surface area contributed by atoms with Gasteiger partial charge in [0.2, 0.25) is 11.8 Å². The van der Waals surface area contributed by atoms with Gasteiger partial charge in [0.05, 0.1) is 16.8 Å². The number of hydrogen-bond donors (Lipinski definition) is 1. The fraction of sp³-hybridized carbons (Fsp3) is 0.348. The van der Waals surface area contributed by atoms with E-state index in [2.05, 4.69) is 5.32 Å². The van der Waals surface area contributed by atoms with Crippen molar-refractivity contribution in [1.82, 2.24) is 10.2 Å². The van der Waals surface area contributed by atoms with Gasteiger partial charge in [-0.15, -0.1) is 0 Å². The van der Waals surface area contributed by atoms with Gasteiger partial charge in [0.15, 0.2) is 0 Å². The maximum absolute atomic E-state index is 13.3. The molecular formula is C23H22F3N3O3. The maximum Gasteiger partial charge on any atom is 0.416 e. The van der Waals surface area contributed by atoms with Crippen LogP contribution in [0.3, 0.4) is 0 Å². The minimum atomic E-state index is -4.54. The fourth-order valence-electron chi connectivity index (χ4n) is 4.28. The van der Waals surface area contributed by atoms with E-state index in [1.54, 1.807) is 29.2 Å². The SMILES string of the molecule is O=C(CN1C(=O)[C@@H]2CCCCN2C(=O)c2ccccc21)NCc1ccccc1C(F)(F)F. The molecule has 1 saturated heterocycles. The summed E-state index contributed by atoms with van der Waals surface area (Å²) in [5, 5.41) is 2.48. The number of anilines is 1. The van der Waals surface area contributed by atoms with Crippen molar-refractivity contribution in [2.75, 3.05) is 18.0 Å². The second kappa shape index (κ2) is 8.64. The number of carbonyl (C=O) groups is 3. The van der Waals surface area contributed by atoms with Crippen molar-refractivity contribution < 1.29 is 27.6 Å². The molecule has 0 aromatic heterocycles. The smallest absolute Gasteiger partial charge is 0.350 e. The highest BCUT2D eigenvalue weighted by atomic mass is 19.4. The quantitative estimate of drug-likeness (QED) is 0.785. The number of alkyl halides is 3. The van der Waals surface area contributed by atoms with Gasteiger partial charge in [-0.25, -0.2) is 0 Å². The summed E-state index contributed by atoms with van der Waals surface area (Å²) in [6.45, 7) is -0.244. The molecule has 2 aliphatic heterocycles. The molecule has 0 aliphatic carbocycles. The summed E-state index contributed by atoms with van der Waals surface area (Å²) in [5.74, 6) is -1.21. The normalized spacial score (nSPS) is 18.7. The van der Waals surface area contributed by atoms with Crippen LogP contribution >= 0.6 is 0 Å². The fourth-order valence-corrected chi connectivity index (χ4v) is 4.28. The Bertz CT molecular complexity index is 1050. The van der Waals surface area contributed by atoms with E-state index >= 15 is 0 Å². The molecule has 168 valence electrons. The zero-order chi connectivity index (χ0) is 22.9. The van der Waals surface area contributed by atoms with E-state index in [1.807, 2.05) is 0 Å². The maximum atomic E-state index is 13.3. The van der Waals surface area contributed by atoms with Gasteiger partial charge in [0.1, 0.15) is 12.6 Å². The van der Waals surface area contributed by atoms with Crippen LogP contribution in [0.1, 0.15) is 40.7 Å². The van der Waals surface area contributed by atoms with E-state index in [0.717, 1.165) is 18.9 Å². The van der Waals surface area contributed by atoms with Crippen LogP contribution in [0.4, 0.5) is 18.9 Å². The van der Waals surface area contributed by atoms with Crippen LogP contribution < -0.4 is 10.2 Å². The lowest BCUT2D eigenvalue weighted by Crippen LogP contribution is -2.52. The second-order valence-corrected chi connectivity index (χ2v) is 7.88. The van der Waals surface area contributed by atoms with Crippen molar-refractivity contribution in [3.63, 3.8) is 0 Å². The molecule has 0 spiro atoms. The van der Waals surface area contributed by atoms with Crippen LogP contribution in [0.15, 0.2) is 48.5 Å². The molecule has 0 bridgehead atoms. The second-order valence-electron chi connectivity index (χ2n) is 7.88. The Morgan fingerprint density at radius 2 is 1.75 bits per heavy atom. The summed E-state index contributed by atoms with van der Waals surface area (Å²) in [6.07, 6.45) is -2.43. The zero-order valence-corrected chi connectivity index (χ0v) is 17.2. The number of para-hydroxylation sites is 1. The Morgan fingerprint density at radius 3 is 2.53 bits per heavy atom. The number of halogens is 3. The number of carbonyl (C=O) groups excluding carboxylic acids is 3. The van der Waals surface area contributed by atoms with E-state index in [4.69, 9.17) is 0 Å². The lowest BCUT2D eigenvalue weighted by atomic mass is 10.0. The first-order chi connectivity index (χ1) is 15.3. The van der Waals surface area contributed by atoms with Gasteiger partial charge < -0.3 is 15.1 Å². The minimum absolute atomic E-state index is 0.0652. The first-order valence-electron chi connectivity index (χ1n) is 10.4. The van der Waals surface area contributed by atoms with E-state index in [1.165, 1.54) is 23.1 Å². The molecule has 6 nitrogen and oxygen atoms in total. The van der Waals surface area contributed by atoms with Crippen LogP contribution in [0, 0.1) is 0 Å². The van der Waals surface area contributed by atoms with Gasteiger partial charge in [-0.3, -0.25) is 14.4 Å². The first-order valence-corrected chi connectivity index (χ1v) is 10.4. The third kappa shape index (κ3) is 4.19. The number of amides is 3. The summed E-state index contributed by atoms with van der Waals surface area (Å²) in [6, 6.07) is 11.0. The Morgan fingerprint density at radius 1 is 1.03 bits per heavy atom. The molecule has 1 N–H and O–H groups in total. The lowest BCUT2D eigenvalue weighted by molar-refractivity contribution is -0.138. The molecule has 2 aliphatic rings. The first kappa shape index (κ1) is 21.9. The van der Waals surface area contributed by atoms with Crippen LogP contribution in [-0.4, -0.2) is 41.8 Å². The highest BCUT2D eigenvalue weighted by molar-refractivity contribution is 6.12. The standard InChI is InChI=1S/C23H22F3N3O3/c24-23(25,26)17-9-3-1-7-15(17)13-27-20(30)14-29-18-10-4-2-8-16(18)21(31)28-12-6-5-11-19(28)22(29)32/h1-4,7-10,19H,5-6,11-14H2,(H,27,30)/t19-/m0/s1. The van der Waals surface area contributed by atoms with Crippen molar-refractivity contribution in [3.8, 4) is 0 Å². The number of benzene rings is 2. The minimum Gasteiger partial charge on any atom is -0.350 e. The number of fused-ring (bicyclic) bond motifs is 2. The average molecular weight is 445 g/mol. The third-order valence-corrected chi connectivity index (χ3v) is 5.84. The lowest BCUT2D eigenvalue weighted by Gasteiger charge is -2.34. The highest BCUT2D eigenvalue weighted by Gasteiger charge is 2.41.